The fraction of sp³-hybridized carbons (Fsp3) is 0.529. The molecule has 0 saturated carbocycles. The summed E-state index contributed by atoms with van der Waals surface area (Å²) in [5.74, 6) is -1.95. The Bertz CT molecular complexity index is 667. The highest BCUT2D eigenvalue weighted by molar-refractivity contribution is 5.98. The number of rotatable bonds is 7. The van der Waals surface area contributed by atoms with E-state index in [1.807, 2.05) is 13.8 Å². The third-order valence-electron chi connectivity index (χ3n) is 3.95. The molecule has 1 aromatic carbocycles. The number of amides is 1. The van der Waals surface area contributed by atoms with Crippen LogP contribution in [-0.4, -0.2) is 28.5 Å². The molecular weight excluding hydrogens is 312 g/mol. The van der Waals surface area contributed by atoms with Gasteiger partial charge in [0.2, 0.25) is 0 Å². The smallest absolute Gasteiger partial charge is 0.308 e. The third kappa shape index (κ3) is 4.53. The van der Waals surface area contributed by atoms with Gasteiger partial charge in [-0.1, -0.05) is 13.8 Å². The van der Waals surface area contributed by atoms with Crippen molar-refractivity contribution in [3.8, 4) is 0 Å². The van der Waals surface area contributed by atoms with Crippen molar-refractivity contribution in [2.75, 3.05) is 6.54 Å². The molecule has 0 fully saturated rings. The molecule has 0 aliphatic heterocycles. The second-order valence-corrected chi connectivity index (χ2v) is 6.49. The van der Waals surface area contributed by atoms with Gasteiger partial charge >= 0.3 is 5.97 Å². The third-order valence-corrected chi connectivity index (χ3v) is 3.95. The van der Waals surface area contributed by atoms with Gasteiger partial charge in [0, 0.05) is 17.7 Å². The van der Waals surface area contributed by atoms with Crippen molar-refractivity contribution in [3.63, 3.8) is 0 Å². The first-order chi connectivity index (χ1) is 11.1. The van der Waals surface area contributed by atoms with Gasteiger partial charge in [-0.2, -0.15) is 0 Å². The Morgan fingerprint density at radius 2 is 1.83 bits per heavy atom. The van der Waals surface area contributed by atoms with Crippen molar-refractivity contribution < 1.29 is 19.6 Å². The van der Waals surface area contributed by atoms with Crippen LogP contribution in [0, 0.1) is 42.7 Å². The molecule has 1 unspecified atom stereocenters. The quantitative estimate of drug-likeness (QED) is 0.587. The second kappa shape index (κ2) is 7.90. The standard InChI is InChI=1S/C17H24N2O5/c1-9(2)6-13(17(21)22)8-18-16(20)14-10(3)7-11(4)15(12(14)5)19(23)24/h7,9,13H,6,8H2,1-5H3,(H,18,20)(H,21,22). The van der Waals surface area contributed by atoms with Gasteiger partial charge in [0.05, 0.1) is 16.4 Å². The van der Waals surface area contributed by atoms with Crippen LogP contribution >= 0.6 is 0 Å². The van der Waals surface area contributed by atoms with Crippen LogP contribution in [-0.2, 0) is 4.79 Å². The average molecular weight is 336 g/mol. The predicted octanol–water partition coefficient (Wildman–Crippen LogP) is 3.00. The number of aryl methyl sites for hydroxylation is 2. The summed E-state index contributed by atoms with van der Waals surface area (Å²) < 4.78 is 0. The van der Waals surface area contributed by atoms with Crippen LogP contribution in [0.25, 0.3) is 0 Å². The van der Waals surface area contributed by atoms with E-state index in [1.165, 1.54) is 6.92 Å². The lowest BCUT2D eigenvalue weighted by molar-refractivity contribution is -0.386. The number of benzene rings is 1. The van der Waals surface area contributed by atoms with Crippen LogP contribution in [0.2, 0.25) is 0 Å². The fourth-order valence-corrected chi connectivity index (χ4v) is 2.95. The summed E-state index contributed by atoms with van der Waals surface area (Å²) in [5.41, 5.74) is 1.58. The summed E-state index contributed by atoms with van der Waals surface area (Å²) >= 11 is 0. The Morgan fingerprint density at radius 1 is 1.25 bits per heavy atom. The number of nitrogens with one attached hydrogen (secondary N) is 1. The summed E-state index contributed by atoms with van der Waals surface area (Å²) in [7, 11) is 0. The molecule has 132 valence electrons. The zero-order valence-corrected chi connectivity index (χ0v) is 14.7. The molecule has 1 aromatic rings. The molecule has 1 rings (SSSR count). The lowest BCUT2D eigenvalue weighted by Crippen LogP contribution is -2.34. The minimum Gasteiger partial charge on any atom is -0.481 e. The number of hydrogen-bond acceptors (Lipinski definition) is 4. The predicted molar refractivity (Wildman–Crippen MR) is 90.2 cm³/mol. The van der Waals surface area contributed by atoms with Gasteiger partial charge < -0.3 is 10.4 Å². The molecule has 0 spiro atoms. The molecule has 0 aliphatic rings. The Kier molecular flexibility index (Phi) is 6.45. The molecule has 0 heterocycles. The Labute approximate surface area is 141 Å². The number of carboxylic acid groups (broad SMARTS) is 1. The molecular formula is C17H24N2O5. The number of hydrogen-bond donors (Lipinski definition) is 2. The molecule has 0 aromatic heterocycles. The van der Waals surface area contributed by atoms with Crippen LogP contribution in [0.5, 0.6) is 0 Å². The second-order valence-electron chi connectivity index (χ2n) is 6.49. The van der Waals surface area contributed by atoms with Gasteiger partial charge in [0.15, 0.2) is 0 Å². The maximum Gasteiger partial charge on any atom is 0.308 e. The van der Waals surface area contributed by atoms with Gasteiger partial charge in [-0.05, 0) is 44.7 Å². The van der Waals surface area contributed by atoms with Crippen molar-refractivity contribution in [1.82, 2.24) is 5.32 Å². The topological polar surface area (TPSA) is 110 Å². The fourth-order valence-electron chi connectivity index (χ4n) is 2.95. The number of aliphatic carboxylic acids is 1. The minimum atomic E-state index is -0.965. The van der Waals surface area contributed by atoms with Gasteiger partial charge in [-0.15, -0.1) is 0 Å². The molecule has 0 radical (unpaired) electrons. The van der Waals surface area contributed by atoms with Crippen LogP contribution in [0.1, 0.15) is 47.3 Å². The first kappa shape index (κ1) is 19.6. The van der Waals surface area contributed by atoms with Crippen molar-refractivity contribution in [2.24, 2.45) is 11.8 Å². The van der Waals surface area contributed by atoms with Crippen LogP contribution in [0.3, 0.4) is 0 Å². The molecule has 0 aliphatic carbocycles. The lowest BCUT2D eigenvalue weighted by Gasteiger charge is -2.17. The van der Waals surface area contributed by atoms with Crippen molar-refractivity contribution in [2.45, 2.75) is 41.0 Å². The van der Waals surface area contributed by atoms with E-state index in [-0.39, 0.29) is 23.7 Å². The number of nitrogens with zero attached hydrogens (tertiary/aromatic N) is 1. The summed E-state index contributed by atoms with van der Waals surface area (Å²) in [6.45, 7) is 8.69. The molecule has 0 bridgehead atoms. The zero-order valence-electron chi connectivity index (χ0n) is 14.7. The molecule has 1 amide bonds. The maximum absolute atomic E-state index is 12.5. The number of carboxylic acids is 1. The maximum atomic E-state index is 12.5. The van der Waals surface area contributed by atoms with Crippen molar-refractivity contribution >= 4 is 17.6 Å². The van der Waals surface area contributed by atoms with Crippen LogP contribution in [0.4, 0.5) is 5.69 Å². The highest BCUT2D eigenvalue weighted by Gasteiger charge is 2.25. The van der Waals surface area contributed by atoms with Gasteiger partial charge in [-0.25, -0.2) is 0 Å². The Hall–Kier alpha value is -2.44. The van der Waals surface area contributed by atoms with E-state index in [4.69, 9.17) is 0 Å². The van der Waals surface area contributed by atoms with E-state index in [2.05, 4.69) is 5.32 Å². The molecule has 2 N–H and O–H groups in total. The summed E-state index contributed by atoms with van der Waals surface area (Å²) in [6, 6.07) is 1.60. The van der Waals surface area contributed by atoms with Crippen molar-refractivity contribution in [3.05, 3.63) is 38.4 Å². The van der Waals surface area contributed by atoms with E-state index in [0.717, 1.165) is 0 Å². The summed E-state index contributed by atoms with van der Waals surface area (Å²) in [6.07, 6.45) is 0.446. The van der Waals surface area contributed by atoms with E-state index < -0.39 is 22.7 Å². The molecule has 1 atom stereocenters. The highest BCUT2D eigenvalue weighted by atomic mass is 16.6. The van der Waals surface area contributed by atoms with E-state index in [9.17, 15) is 24.8 Å². The zero-order chi connectivity index (χ0) is 18.6. The van der Waals surface area contributed by atoms with Gasteiger partial charge in [0.25, 0.3) is 11.6 Å². The van der Waals surface area contributed by atoms with Gasteiger partial charge in [-0.3, -0.25) is 19.7 Å². The normalized spacial score (nSPS) is 12.1. The number of carbonyl (C=O) groups excluding carboxylic acids is 1. The van der Waals surface area contributed by atoms with Crippen LogP contribution < -0.4 is 5.32 Å². The molecule has 24 heavy (non-hydrogen) atoms. The monoisotopic (exact) mass is 336 g/mol. The minimum absolute atomic E-state index is 0.00704. The Morgan fingerprint density at radius 3 is 2.29 bits per heavy atom. The first-order valence-electron chi connectivity index (χ1n) is 7.82. The van der Waals surface area contributed by atoms with E-state index in [1.54, 1.807) is 19.9 Å². The van der Waals surface area contributed by atoms with Crippen molar-refractivity contribution in [1.29, 1.82) is 0 Å². The SMILES string of the molecule is Cc1cc(C)c([N+](=O)[O-])c(C)c1C(=O)NCC(CC(C)C)C(=O)O. The lowest BCUT2D eigenvalue weighted by atomic mass is 9.95. The summed E-state index contributed by atoms with van der Waals surface area (Å²) in [4.78, 5) is 34.4. The molecule has 7 heteroatoms. The largest absolute Gasteiger partial charge is 0.481 e. The van der Waals surface area contributed by atoms with E-state index in [0.29, 0.717) is 23.1 Å². The number of nitro benzene ring substituents is 1. The number of nitro groups is 1. The van der Waals surface area contributed by atoms with Gasteiger partial charge in [0.1, 0.15) is 0 Å². The number of carbonyl (C=O) groups is 2. The Balaban J connectivity index is 3.06. The van der Waals surface area contributed by atoms with Crippen LogP contribution in [0.15, 0.2) is 6.07 Å². The highest BCUT2D eigenvalue weighted by Crippen LogP contribution is 2.28. The average Bonchev–Trinajstić information content (AvgIpc) is 2.41. The molecule has 7 nitrogen and oxygen atoms in total. The summed E-state index contributed by atoms with van der Waals surface area (Å²) in [5, 5.41) is 23.0. The molecule has 0 saturated heterocycles. The first-order valence-corrected chi connectivity index (χ1v) is 7.82. The van der Waals surface area contributed by atoms with E-state index >= 15 is 0 Å².